The van der Waals surface area contributed by atoms with Crippen LogP contribution in [0.2, 0.25) is 0 Å². The number of aromatic nitrogens is 1. The largest absolute Gasteiger partial charge is 0.392 e. The Labute approximate surface area is 170 Å². The SMILES string of the molecule is Cc1ccc(NC(=O)C(=NO[C@H](C)CO)c2ccc(S(O)(O)C3=CC3)cc2)nc1. The predicted molar refractivity (Wildman–Crippen MR) is 112 cm³/mol. The quantitative estimate of drug-likeness (QED) is 0.385. The molecule has 0 unspecified atom stereocenters. The molecule has 0 fully saturated rings. The number of aliphatic hydroxyl groups excluding tert-OH is 1. The number of aliphatic hydroxyl groups is 1. The zero-order valence-corrected chi connectivity index (χ0v) is 16.9. The lowest BCUT2D eigenvalue weighted by molar-refractivity contribution is -0.110. The van der Waals surface area contributed by atoms with Crippen molar-refractivity contribution in [3.05, 3.63) is 64.7 Å². The molecule has 4 N–H and O–H groups in total. The van der Waals surface area contributed by atoms with Gasteiger partial charge >= 0.3 is 0 Å². The summed E-state index contributed by atoms with van der Waals surface area (Å²) in [5, 5.41) is 15.7. The summed E-state index contributed by atoms with van der Waals surface area (Å²) in [7, 11) is -2.96. The minimum Gasteiger partial charge on any atom is -0.392 e. The number of carbonyl (C=O) groups is 1. The molecule has 0 saturated carbocycles. The van der Waals surface area contributed by atoms with Gasteiger partial charge in [0.25, 0.3) is 5.91 Å². The molecule has 1 aromatic heterocycles. The number of allylic oxidation sites excluding steroid dienone is 2. The molecular weight excluding hydrogens is 394 g/mol. The Morgan fingerprint density at radius 1 is 1.28 bits per heavy atom. The number of nitrogens with zero attached hydrogens (tertiary/aromatic N) is 2. The lowest BCUT2D eigenvalue weighted by Gasteiger charge is -2.30. The van der Waals surface area contributed by atoms with Gasteiger partial charge < -0.3 is 15.3 Å². The summed E-state index contributed by atoms with van der Waals surface area (Å²) in [5.41, 5.74) is 1.35. The van der Waals surface area contributed by atoms with Crippen LogP contribution in [0, 0.1) is 6.92 Å². The highest BCUT2D eigenvalue weighted by atomic mass is 32.3. The second-order valence-corrected chi connectivity index (χ2v) is 8.75. The maximum absolute atomic E-state index is 12.8. The van der Waals surface area contributed by atoms with E-state index < -0.39 is 22.6 Å². The summed E-state index contributed by atoms with van der Waals surface area (Å²) in [6.07, 6.45) is 3.39. The molecule has 0 bridgehead atoms. The predicted octanol–water partition coefficient (Wildman–Crippen LogP) is 3.53. The van der Waals surface area contributed by atoms with E-state index >= 15 is 0 Å². The van der Waals surface area contributed by atoms with Crippen molar-refractivity contribution in [3.8, 4) is 0 Å². The molecule has 1 amide bonds. The summed E-state index contributed by atoms with van der Waals surface area (Å²) in [4.78, 5) is 23.1. The Hall–Kier alpha value is -2.72. The zero-order valence-electron chi connectivity index (χ0n) is 16.1. The van der Waals surface area contributed by atoms with Crippen LogP contribution in [-0.4, -0.2) is 43.5 Å². The van der Waals surface area contributed by atoms with Crippen molar-refractivity contribution >= 4 is 28.0 Å². The standard InChI is InChI=1S/C20H23N3O5S/c1-13-3-10-18(21-11-13)22-20(25)19(23-28-14(2)12-24)15-4-6-16(7-5-15)29(26,27)17-8-9-17/h3-8,10-11,14,24,26-27H,9,12H2,1-2H3,(H,21,22,25)/t14-/m1/s1. The van der Waals surface area contributed by atoms with Gasteiger partial charge in [-0.2, -0.15) is 0 Å². The van der Waals surface area contributed by atoms with Crippen molar-refractivity contribution in [3.63, 3.8) is 0 Å². The van der Waals surface area contributed by atoms with E-state index in [0.29, 0.717) is 27.6 Å². The summed E-state index contributed by atoms with van der Waals surface area (Å²) in [6, 6.07) is 9.72. The van der Waals surface area contributed by atoms with Crippen molar-refractivity contribution in [2.24, 2.45) is 5.16 Å². The number of aryl methyl sites for hydroxylation is 1. The average Bonchev–Trinajstić information content (AvgIpc) is 3.56. The van der Waals surface area contributed by atoms with Crippen molar-refractivity contribution < 1.29 is 23.8 Å². The normalized spacial score (nSPS) is 15.3. The van der Waals surface area contributed by atoms with Crippen LogP contribution in [0.5, 0.6) is 0 Å². The maximum atomic E-state index is 12.8. The number of hydrogen-bond acceptors (Lipinski definition) is 7. The number of carbonyl (C=O) groups excluding carboxylic acids is 1. The molecule has 0 aliphatic heterocycles. The fourth-order valence-electron chi connectivity index (χ4n) is 2.35. The Kier molecular flexibility index (Phi) is 6.33. The summed E-state index contributed by atoms with van der Waals surface area (Å²) < 4.78 is 20.6. The van der Waals surface area contributed by atoms with Gasteiger partial charge in [0.15, 0.2) is 5.71 Å². The van der Waals surface area contributed by atoms with Crippen LogP contribution in [0.3, 0.4) is 0 Å². The van der Waals surface area contributed by atoms with Crippen molar-refractivity contribution in [1.29, 1.82) is 0 Å². The van der Waals surface area contributed by atoms with Crippen LogP contribution in [0.1, 0.15) is 24.5 Å². The number of nitrogens with one attached hydrogen (secondary N) is 1. The van der Waals surface area contributed by atoms with Gasteiger partial charge in [0.1, 0.15) is 11.9 Å². The van der Waals surface area contributed by atoms with Gasteiger partial charge in [-0.25, -0.2) is 4.98 Å². The van der Waals surface area contributed by atoms with Gasteiger partial charge in [-0.1, -0.05) is 29.4 Å². The third kappa shape index (κ3) is 5.21. The van der Waals surface area contributed by atoms with E-state index in [-0.39, 0.29) is 12.3 Å². The maximum Gasteiger partial charge on any atom is 0.279 e. The second-order valence-electron chi connectivity index (χ2n) is 6.66. The van der Waals surface area contributed by atoms with Crippen LogP contribution >= 0.6 is 10.6 Å². The number of hydrogen-bond donors (Lipinski definition) is 4. The van der Waals surface area contributed by atoms with Crippen LogP contribution in [0.15, 0.2) is 63.6 Å². The Morgan fingerprint density at radius 2 is 1.97 bits per heavy atom. The highest BCUT2D eigenvalue weighted by Gasteiger charge is 2.27. The number of rotatable bonds is 8. The minimum absolute atomic E-state index is 0.0265. The van der Waals surface area contributed by atoms with Gasteiger partial charge in [0, 0.05) is 23.1 Å². The molecule has 2 aromatic rings. The first kappa shape index (κ1) is 21.0. The summed E-state index contributed by atoms with van der Waals surface area (Å²) in [6.45, 7) is 3.24. The van der Waals surface area contributed by atoms with Crippen molar-refractivity contribution in [2.45, 2.75) is 31.3 Å². The van der Waals surface area contributed by atoms with Gasteiger partial charge in [-0.15, -0.1) is 10.6 Å². The fourth-order valence-corrected chi connectivity index (χ4v) is 3.71. The van der Waals surface area contributed by atoms with Gasteiger partial charge in [0.05, 0.1) is 11.5 Å². The minimum atomic E-state index is -2.96. The molecule has 8 nitrogen and oxygen atoms in total. The van der Waals surface area contributed by atoms with Crippen molar-refractivity contribution in [2.75, 3.05) is 11.9 Å². The monoisotopic (exact) mass is 417 g/mol. The number of benzene rings is 1. The zero-order chi connectivity index (χ0) is 21.0. The van der Waals surface area contributed by atoms with Crippen LogP contribution in [0.25, 0.3) is 0 Å². The van der Waals surface area contributed by atoms with E-state index in [4.69, 9.17) is 9.94 Å². The Balaban J connectivity index is 1.85. The second kappa shape index (κ2) is 8.75. The molecule has 1 aromatic carbocycles. The topological polar surface area (TPSA) is 124 Å². The number of amides is 1. The molecule has 0 radical (unpaired) electrons. The molecule has 0 spiro atoms. The van der Waals surface area contributed by atoms with E-state index in [2.05, 4.69) is 15.5 Å². The van der Waals surface area contributed by atoms with Gasteiger partial charge in [-0.3, -0.25) is 13.9 Å². The van der Waals surface area contributed by atoms with Crippen LogP contribution in [-0.2, 0) is 9.63 Å². The van der Waals surface area contributed by atoms with Gasteiger partial charge in [-0.05, 0) is 37.6 Å². The molecule has 0 saturated heterocycles. The van der Waals surface area contributed by atoms with E-state index in [1.807, 2.05) is 13.0 Å². The van der Waals surface area contributed by atoms with Crippen LogP contribution in [0.4, 0.5) is 5.82 Å². The molecule has 29 heavy (non-hydrogen) atoms. The van der Waals surface area contributed by atoms with Crippen LogP contribution < -0.4 is 5.32 Å². The molecule has 3 rings (SSSR count). The molecule has 1 aliphatic rings. The summed E-state index contributed by atoms with van der Waals surface area (Å²) in [5.74, 6) is -0.189. The first-order chi connectivity index (χ1) is 13.8. The van der Waals surface area contributed by atoms with Crippen molar-refractivity contribution in [1.82, 2.24) is 4.98 Å². The molecule has 9 heteroatoms. The number of pyridine rings is 1. The average molecular weight is 417 g/mol. The molecular formula is C20H23N3O5S. The molecule has 1 heterocycles. The van der Waals surface area contributed by atoms with E-state index in [1.54, 1.807) is 49.5 Å². The first-order valence-corrected chi connectivity index (χ1v) is 10.5. The van der Waals surface area contributed by atoms with Gasteiger partial charge in [0.2, 0.25) is 0 Å². The lowest BCUT2D eigenvalue weighted by Crippen LogP contribution is -2.25. The number of oxime groups is 1. The van der Waals surface area contributed by atoms with E-state index in [9.17, 15) is 13.9 Å². The Morgan fingerprint density at radius 3 is 2.52 bits per heavy atom. The van der Waals surface area contributed by atoms with E-state index in [0.717, 1.165) is 5.56 Å². The third-order valence-corrected chi connectivity index (χ3v) is 6.14. The molecule has 1 aliphatic carbocycles. The highest BCUT2D eigenvalue weighted by Crippen LogP contribution is 2.61. The smallest absolute Gasteiger partial charge is 0.279 e. The number of anilines is 1. The molecule has 154 valence electrons. The highest BCUT2D eigenvalue weighted by molar-refractivity contribution is 8.27. The lowest BCUT2D eigenvalue weighted by atomic mass is 10.1. The molecule has 1 atom stereocenters. The van der Waals surface area contributed by atoms with E-state index in [1.165, 1.54) is 0 Å². The first-order valence-electron chi connectivity index (χ1n) is 8.97. The summed E-state index contributed by atoms with van der Waals surface area (Å²) >= 11 is 0. The Bertz CT molecular complexity index is 940. The fraction of sp³-hybridized carbons (Fsp3) is 0.250. The third-order valence-electron chi connectivity index (χ3n) is 4.14.